The number of sulfonamides is 1. The van der Waals surface area contributed by atoms with Crippen molar-refractivity contribution in [1.29, 1.82) is 0 Å². The monoisotopic (exact) mass is 288 g/mol. The molecule has 0 aliphatic rings. The molecule has 2 aromatic heterocycles. The zero-order valence-electron chi connectivity index (χ0n) is 9.00. The number of aromatic nitrogens is 1. The van der Waals surface area contributed by atoms with Crippen LogP contribution >= 0.6 is 11.6 Å². The van der Waals surface area contributed by atoms with Crippen LogP contribution in [0.2, 0.25) is 5.02 Å². The summed E-state index contributed by atoms with van der Waals surface area (Å²) in [6.07, 6.45) is 1.41. The number of aliphatic hydroxyl groups excluding tert-OH is 1. The topological polar surface area (TPSA) is 92.4 Å². The number of furan rings is 1. The third-order valence-electron chi connectivity index (χ3n) is 2.05. The number of halogens is 1. The van der Waals surface area contributed by atoms with Crippen LogP contribution in [-0.2, 0) is 16.6 Å². The molecule has 0 bridgehead atoms. The van der Waals surface area contributed by atoms with Gasteiger partial charge in [-0.25, -0.2) is 4.98 Å². The molecule has 0 aliphatic carbocycles. The fourth-order valence-corrected chi connectivity index (χ4v) is 2.43. The van der Waals surface area contributed by atoms with Crippen LogP contribution in [0.3, 0.4) is 0 Å². The minimum atomic E-state index is -3.90. The molecule has 96 valence electrons. The average Bonchev–Trinajstić information content (AvgIpc) is 2.81. The molecule has 0 aliphatic heterocycles. The smallest absolute Gasteiger partial charge is 0.296 e. The van der Waals surface area contributed by atoms with Crippen molar-refractivity contribution in [3.05, 3.63) is 41.2 Å². The molecule has 0 spiro atoms. The van der Waals surface area contributed by atoms with Gasteiger partial charge in [0.25, 0.3) is 10.0 Å². The van der Waals surface area contributed by atoms with Crippen LogP contribution in [0.25, 0.3) is 0 Å². The first kappa shape index (κ1) is 12.9. The lowest BCUT2D eigenvalue weighted by Gasteiger charge is -2.05. The number of aliphatic hydroxyl groups is 1. The molecule has 0 unspecified atom stereocenters. The Morgan fingerprint density at radius 3 is 2.78 bits per heavy atom. The predicted molar refractivity (Wildman–Crippen MR) is 64.7 cm³/mol. The van der Waals surface area contributed by atoms with Crippen molar-refractivity contribution in [1.82, 2.24) is 4.98 Å². The highest BCUT2D eigenvalue weighted by Gasteiger charge is 2.20. The Bertz CT molecular complexity index is 653. The van der Waals surface area contributed by atoms with E-state index in [4.69, 9.17) is 21.1 Å². The van der Waals surface area contributed by atoms with Gasteiger partial charge in [-0.1, -0.05) is 11.6 Å². The summed E-state index contributed by atoms with van der Waals surface area (Å²) in [7, 11) is -3.90. The summed E-state index contributed by atoms with van der Waals surface area (Å²) in [5.74, 6) is 0.170. The normalized spacial score (nSPS) is 11.4. The molecule has 0 saturated heterocycles. The molecule has 0 aromatic carbocycles. The number of pyridine rings is 1. The highest BCUT2D eigenvalue weighted by Crippen LogP contribution is 2.22. The first-order valence-corrected chi connectivity index (χ1v) is 6.72. The van der Waals surface area contributed by atoms with E-state index in [1.165, 1.54) is 24.4 Å². The molecule has 0 radical (unpaired) electrons. The number of hydrogen-bond acceptors (Lipinski definition) is 5. The van der Waals surface area contributed by atoms with Gasteiger partial charge in [0.05, 0.1) is 5.02 Å². The van der Waals surface area contributed by atoms with E-state index in [1.54, 1.807) is 6.07 Å². The van der Waals surface area contributed by atoms with E-state index >= 15 is 0 Å². The van der Waals surface area contributed by atoms with Gasteiger partial charge in [-0.2, -0.15) is 8.42 Å². The predicted octanol–water partition coefficient (Wildman–Crippen LogP) is 1.62. The molecule has 0 atom stereocenters. The van der Waals surface area contributed by atoms with Crippen LogP contribution in [0, 0.1) is 0 Å². The largest absolute Gasteiger partial charge is 0.445 e. The van der Waals surface area contributed by atoms with E-state index in [0.29, 0.717) is 0 Å². The van der Waals surface area contributed by atoms with Gasteiger partial charge in [-0.3, -0.25) is 4.72 Å². The van der Waals surface area contributed by atoms with Gasteiger partial charge < -0.3 is 9.52 Å². The molecule has 2 aromatic rings. The Morgan fingerprint density at radius 1 is 1.39 bits per heavy atom. The first-order chi connectivity index (χ1) is 8.53. The maximum Gasteiger partial charge on any atom is 0.296 e. The van der Waals surface area contributed by atoms with Crippen LogP contribution < -0.4 is 4.72 Å². The van der Waals surface area contributed by atoms with Gasteiger partial charge in [0.2, 0.25) is 5.09 Å². The van der Waals surface area contributed by atoms with E-state index in [1.807, 2.05) is 0 Å². The van der Waals surface area contributed by atoms with Crippen LogP contribution in [-0.4, -0.2) is 18.5 Å². The zero-order chi connectivity index (χ0) is 13.2. The summed E-state index contributed by atoms with van der Waals surface area (Å²) in [5.41, 5.74) is 0. The first-order valence-electron chi connectivity index (χ1n) is 4.86. The molecule has 0 saturated carbocycles. The van der Waals surface area contributed by atoms with E-state index in [9.17, 15) is 8.42 Å². The third-order valence-corrected chi connectivity index (χ3v) is 3.56. The molecular formula is C10H9ClN2O4S. The van der Waals surface area contributed by atoms with Gasteiger partial charge in [-0.05, 0) is 24.3 Å². The van der Waals surface area contributed by atoms with Gasteiger partial charge >= 0.3 is 0 Å². The van der Waals surface area contributed by atoms with E-state index in [2.05, 4.69) is 9.71 Å². The number of hydrogen-bond donors (Lipinski definition) is 2. The van der Waals surface area contributed by atoms with Crippen LogP contribution in [0.4, 0.5) is 5.82 Å². The van der Waals surface area contributed by atoms with Gasteiger partial charge in [0.15, 0.2) is 5.82 Å². The number of nitrogens with zero attached hydrogens (tertiary/aromatic N) is 1. The molecule has 2 heterocycles. The van der Waals surface area contributed by atoms with Crippen LogP contribution in [0.1, 0.15) is 5.76 Å². The second-order valence-corrected chi connectivity index (χ2v) is 5.34. The zero-order valence-corrected chi connectivity index (χ0v) is 10.6. The van der Waals surface area contributed by atoms with Crippen molar-refractivity contribution in [3.8, 4) is 0 Å². The van der Waals surface area contributed by atoms with E-state index in [-0.39, 0.29) is 28.3 Å². The average molecular weight is 289 g/mol. The molecular weight excluding hydrogens is 280 g/mol. The highest BCUT2D eigenvalue weighted by atomic mass is 35.5. The second kappa shape index (κ2) is 4.97. The second-order valence-electron chi connectivity index (χ2n) is 3.32. The Balaban J connectivity index is 2.30. The lowest BCUT2D eigenvalue weighted by atomic mass is 10.5. The maximum absolute atomic E-state index is 11.9. The standard InChI is InChI=1S/C10H9ClN2O4S/c11-8-2-1-5-12-10(8)13-18(15,16)9-4-3-7(6-14)17-9/h1-5,14H,6H2,(H,12,13). The Labute approximate surface area is 108 Å². The molecule has 2 N–H and O–H groups in total. The summed E-state index contributed by atoms with van der Waals surface area (Å²) in [4.78, 5) is 3.80. The van der Waals surface area contributed by atoms with Crippen molar-refractivity contribution in [2.24, 2.45) is 0 Å². The number of nitrogens with one attached hydrogen (secondary N) is 1. The van der Waals surface area contributed by atoms with Crippen LogP contribution in [0.5, 0.6) is 0 Å². The summed E-state index contributed by atoms with van der Waals surface area (Å²) in [6, 6.07) is 5.70. The number of rotatable bonds is 4. The lowest BCUT2D eigenvalue weighted by molar-refractivity contribution is 0.236. The fourth-order valence-electron chi connectivity index (χ4n) is 1.23. The molecule has 8 heteroatoms. The fraction of sp³-hybridized carbons (Fsp3) is 0.100. The van der Waals surface area contributed by atoms with Crippen molar-refractivity contribution in [2.75, 3.05) is 4.72 Å². The molecule has 0 amide bonds. The Morgan fingerprint density at radius 2 is 2.17 bits per heavy atom. The van der Waals surface area contributed by atoms with Crippen molar-refractivity contribution < 1.29 is 17.9 Å². The minimum absolute atomic E-state index is 0.0149. The number of anilines is 1. The van der Waals surface area contributed by atoms with Crippen molar-refractivity contribution >= 4 is 27.4 Å². The van der Waals surface area contributed by atoms with E-state index in [0.717, 1.165) is 0 Å². The Hall–Kier alpha value is -1.57. The lowest BCUT2D eigenvalue weighted by Crippen LogP contribution is -2.13. The summed E-state index contributed by atoms with van der Waals surface area (Å²) in [6.45, 7) is -0.375. The minimum Gasteiger partial charge on any atom is -0.445 e. The van der Waals surface area contributed by atoms with Crippen LogP contribution in [0.15, 0.2) is 40.0 Å². The van der Waals surface area contributed by atoms with Gasteiger partial charge in [0, 0.05) is 6.20 Å². The quantitative estimate of drug-likeness (QED) is 0.892. The van der Waals surface area contributed by atoms with Crippen molar-refractivity contribution in [3.63, 3.8) is 0 Å². The summed E-state index contributed by atoms with van der Waals surface area (Å²) < 4.78 is 30.9. The summed E-state index contributed by atoms with van der Waals surface area (Å²) in [5, 5.41) is 8.67. The SMILES string of the molecule is O=S(=O)(Nc1ncccc1Cl)c1ccc(CO)o1. The van der Waals surface area contributed by atoms with E-state index < -0.39 is 10.0 Å². The third kappa shape index (κ3) is 2.63. The molecule has 2 rings (SSSR count). The van der Waals surface area contributed by atoms with Gasteiger partial charge in [-0.15, -0.1) is 0 Å². The Kier molecular flexibility index (Phi) is 3.55. The maximum atomic E-state index is 11.9. The van der Waals surface area contributed by atoms with Gasteiger partial charge in [0.1, 0.15) is 12.4 Å². The molecule has 18 heavy (non-hydrogen) atoms. The summed E-state index contributed by atoms with van der Waals surface area (Å²) >= 11 is 5.79. The highest BCUT2D eigenvalue weighted by molar-refractivity contribution is 7.92. The van der Waals surface area contributed by atoms with Crippen molar-refractivity contribution in [2.45, 2.75) is 11.7 Å². The molecule has 6 nitrogen and oxygen atoms in total. The molecule has 0 fully saturated rings.